The van der Waals surface area contributed by atoms with Crippen LogP contribution in [-0.2, 0) is 35.2 Å². The summed E-state index contributed by atoms with van der Waals surface area (Å²) in [5, 5.41) is 20.6. The van der Waals surface area contributed by atoms with E-state index in [0.29, 0.717) is 19.4 Å². The number of nitrogens with one attached hydrogen (secondary N) is 5. The van der Waals surface area contributed by atoms with Crippen LogP contribution in [0.5, 0.6) is 0 Å². The third kappa shape index (κ3) is 6.67. The summed E-state index contributed by atoms with van der Waals surface area (Å²) in [6.45, 7) is 5.22. The molecule has 4 rings (SSSR count). The standard InChI is InChI=1S/C28H36N6O7/c1-14(2)23-28(41)34-10-6-9-21(34)27(40)32-19(11-16-13-29-18-8-5-4-7-17(16)18)26(39)31-20(12-22(35)36)25(38)30-15(3)24(37)33-23/h4-5,7-8,13-15,19-21,23,29H,6,9-12H2,1-3H3,(H,30,38)(H,31,39)(H,32,40)(H,33,37)(H,35,36)/t15-,19+,20+,21-,23+/m0/s1. The zero-order valence-electron chi connectivity index (χ0n) is 23.2. The van der Waals surface area contributed by atoms with Crippen molar-refractivity contribution in [2.75, 3.05) is 6.54 Å². The van der Waals surface area contributed by atoms with Crippen LogP contribution in [0.15, 0.2) is 30.5 Å². The number of aliphatic carboxylic acids is 1. The number of carboxylic acids is 1. The van der Waals surface area contributed by atoms with E-state index in [9.17, 15) is 33.9 Å². The normalized spacial score (nSPS) is 26.5. The number of para-hydroxylation sites is 1. The molecule has 2 aliphatic rings. The summed E-state index contributed by atoms with van der Waals surface area (Å²) in [7, 11) is 0. The Balaban J connectivity index is 1.72. The van der Waals surface area contributed by atoms with Gasteiger partial charge in [-0.25, -0.2) is 0 Å². The molecule has 13 heteroatoms. The van der Waals surface area contributed by atoms with Crippen molar-refractivity contribution in [3.05, 3.63) is 36.0 Å². The SMILES string of the molecule is CC(C)[C@H]1NC(=O)[C@H](C)NC(=O)[C@@H](CC(=O)O)NC(=O)[C@@H](Cc2c[nH]c3ccccc23)NC(=O)[C@@H]2CCCN2C1=O. The van der Waals surface area contributed by atoms with Gasteiger partial charge in [0.05, 0.1) is 6.42 Å². The highest BCUT2D eigenvalue weighted by atomic mass is 16.4. The average Bonchev–Trinajstić information content (AvgIpc) is 3.57. The van der Waals surface area contributed by atoms with Gasteiger partial charge >= 0.3 is 5.97 Å². The molecule has 2 aromatic rings. The molecule has 220 valence electrons. The molecular weight excluding hydrogens is 532 g/mol. The third-order valence-corrected chi connectivity index (χ3v) is 7.56. The fourth-order valence-electron chi connectivity index (χ4n) is 5.31. The molecule has 2 saturated heterocycles. The summed E-state index contributed by atoms with van der Waals surface area (Å²) in [5.74, 6) is -4.96. The number of carbonyl (C=O) groups is 6. The van der Waals surface area contributed by atoms with Gasteiger partial charge in [0.1, 0.15) is 30.2 Å². The van der Waals surface area contributed by atoms with Crippen molar-refractivity contribution in [1.82, 2.24) is 31.2 Å². The highest BCUT2D eigenvalue weighted by Crippen LogP contribution is 2.23. The lowest BCUT2D eigenvalue weighted by atomic mass is 10.0. The van der Waals surface area contributed by atoms with E-state index < -0.39 is 72.1 Å². The van der Waals surface area contributed by atoms with Crippen LogP contribution in [0.3, 0.4) is 0 Å². The number of aromatic amines is 1. The molecular formula is C28H36N6O7. The van der Waals surface area contributed by atoms with Crippen LogP contribution in [-0.4, -0.2) is 87.2 Å². The van der Waals surface area contributed by atoms with Crippen molar-refractivity contribution in [2.45, 2.75) is 76.7 Å². The van der Waals surface area contributed by atoms with Crippen molar-refractivity contribution in [3.63, 3.8) is 0 Å². The van der Waals surface area contributed by atoms with Gasteiger partial charge in [0.25, 0.3) is 0 Å². The summed E-state index contributed by atoms with van der Waals surface area (Å²) in [5.41, 5.74) is 1.55. The van der Waals surface area contributed by atoms with Gasteiger partial charge in [-0.3, -0.25) is 28.8 Å². The zero-order chi connectivity index (χ0) is 29.8. The highest BCUT2D eigenvalue weighted by molar-refractivity contribution is 5.99. The number of nitrogens with zero attached hydrogens (tertiary/aromatic N) is 1. The van der Waals surface area contributed by atoms with E-state index in [-0.39, 0.29) is 12.3 Å². The Morgan fingerprint density at radius 1 is 0.951 bits per heavy atom. The summed E-state index contributed by atoms with van der Waals surface area (Å²) in [6, 6.07) is 1.76. The molecule has 3 heterocycles. The molecule has 2 fully saturated rings. The Kier molecular flexibility index (Phi) is 8.94. The first-order valence-corrected chi connectivity index (χ1v) is 13.7. The highest BCUT2D eigenvalue weighted by Gasteiger charge is 2.41. The van der Waals surface area contributed by atoms with Crippen LogP contribution in [0, 0.1) is 5.92 Å². The lowest BCUT2D eigenvalue weighted by molar-refractivity contribution is -0.143. The third-order valence-electron chi connectivity index (χ3n) is 7.56. The second-order valence-electron chi connectivity index (χ2n) is 10.9. The molecule has 41 heavy (non-hydrogen) atoms. The number of hydrogen-bond donors (Lipinski definition) is 6. The molecule has 5 amide bonds. The number of carboxylic acid groups (broad SMARTS) is 1. The van der Waals surface area contributed by atoms with Gasteiger partial charge in [-0.2, -0.15) is 0 Å². The Labute approximate surface area is 236 Å². The maximum absolute atomic E-state index is 13.6. The van der Waals surface area contributed by atoms with Crippen LogP contribution >= 0.6 is 0 Å². The molecule has 1 aromatic heterocycles. The lowest BCUT2D eigenvalue weighted by Gasteiger charge is -2.31. The Morgan fingerprint density at radius 3 is 2.34 bits per heavy atom. The molecule has 0 aliphatic carbocycles. The van der Waals surface area contributed by atoms with Gasteiger partial charge in [-0.15, -0.1) is 0 Å². The van der Waals surface area contributed by atoms with E-state index in [1.54, 1.807) is 20.0 Å². The van der Waals surface area contributed by atoms with E-state index >= 15 is 0 Å². The average molecular weight is 569 g/mol. The first kappa shape index (κ1) is 29.6. The number of fused-ring (bicyclic) bond motifs is 2. The second-order valence-corrected chi connectivity index (χ2v) is 10.9. The van der Waals surface area contributed by atoms with Gasteiger partial charge < -0.3 is 36.3 Å². The molecule has 0 saturated carbocycles. The van der Waals surface area contributed by atoms with Crippen molar-refractivity contribution in [2.24, 2.45) is 5.92 Å². The molecule has 5 atom stereocenters. The minimum absolute atomic E-state index is 0.0364. The van der Waals surface area contributed by atoms with E-state index in [4.69, 9.17) is 0 Å². The molecule has 0 bridgehead atoms. The van der Waals surface area contributed by atoms with Crippen LogP contribution in [0.1, 0.15) is 45.6 Å². The summed E-state index contributed by atoms with van der Waals surface area (Å²) in [4.78, 5) is 82.9. The predicted octanol–water partition coefficient (Wildman–Crippen LogP) is -0.195. The summed E-state index contributed by atoms with van der Waals surface area (Å²) >= 11 is 0. The Bertz CT molecular complexity index is 1350. The lowest BCUT2D eigenvalue weighted by Crippen LogP contribution is -2.58. The number of aromatic nitrogens is 1. The minimum atomic E-state index is -1.52. The molecule has 0 spiro atoms. The van der Waals surface area contributed by atoms with Crippen molar-refractivity contribution >= 4 is 46.4 Å². The topological polar surface area (TPSA) is 190 Å². The van der Waals surface area contributed by atoms with Crippen LogP contribution in [0.2, 0.25) is 0 Å². The van der Waals surface area contributed by atoms with E-state index in [1.165, 1.54) is 11.8 Å². The number of H-pyrrole nitrogens is 1. The Hall–Kier alpha value is -4.42. The van der Waals surface area contributed by atoms with Gasteiger partial charge in [0.2, 0.25) is 29.5 Å². The van der Waals surface area contributed by atoms with Gasteiger partial charge in [0, 0.05) is 30.1 Å². The minimum Gasteiger partial charge on any atom is -0.481 e. The monoisotopic (exact) mass is 568 g/mol. The van der Waals surface area contributed by atoms with Crippen molar-refractivity contribution in [1.29, 1.82) is 0 Å². The summed E-state index contributed by atoms with van der Waals surface area (Å²) in [6.07, 6.45) is 1.95. The molecule has 13 nitrogen and oxygen atoms in total. The maximum Gasteiger partial charge on any atom is 0.305 e. The van der Waals surface area contributed by atoms with E-state index in [0.717, 1.165) is 16.5 Å². The van der Waals surface area contributed by atoms with Crippen molar-refractivity contribution < 1.29 is 33.9 Å². The van der Waals surface area contributed by atoms with Gasteiger partial charge in [-0.05, 0) is 37.3 Å². The van der Waals surface area contributed by atoms with Crippen molar-refractivity contribution in [3.8, 4) is 0 Å². The molecule has 6 N–H and O–H groups in total. The molecule has 1 aromatic carbocycles. The van der Waals surface area contributed by atoms with E-state index in [2.05, 4.69) is 26.3 Å². The smallest absolute Gasteiger partial charge is 0.305 e. The van der Waals surface area contributed by atoms with Gasteiger partial charge in [-0.1, -0.05) is 32.0 Å². The molecule has 0 unspecified atom stereocenters. The second kappa shape index (κ2) is 12.4. The fraction of sp³-hybridized carbons (Fsp3) is 0.500. The largest absolute Gasteiger partial charge is 0.481 e. The molecule has 0 radical (unpaired) electrons. The number of carbonyl (C=O) groups excluding carboxylic acids is 5. The fourth-order valence-corrected chi connectivity index (χ4v) is 5.31. The first-order chi connectivity index (χ1) is 19.5. The number of amides is 5. The first-order valence-electron chi connectivity index (χ1n) is 13.7. The number of benzene rings is 1. The predicted molar refractivity (Wildman–Crippen MR) is 147 cm³/mol. The quantitative estimate of drug-likeness (QED) is 0.288. The summed E-state index contributed by atoms with van der Waals surface area (Å²) < 4.78 is 0. The van der Waals surface area contributed by atoms with E-state index in [1.807, 2.05) is 24.3 Å². The number of hydrogen-bond acceptors (Lipinski definition) is 6. The van der Waals surface area contributed by atoms with Crippen LogP contribution in [0.4, 0.5) is 0 Å². The van der Waals surface area contributed by atoms with Crippen LogP contribution in [0.25, 0.3) is 10.9 Å². The Morgan fingerprint density at radius 2 is 1.63 bits per heavy atom. The number of rotatable bonds is 5. The molecule has 2 aliphatic heterocycles. The van der Waals surface area contributed by atoms with Crippen LogP contribution < -0.4 is 21.3 Å². The van der Waals surface area contributed by atoms with Gasteiger partial charge in [0.15, 0.2) is 0 Å². The maximum atomic E-state index is 13.6. The zero-order valence-corrected chi connectivity index (χ0v) is 23.2.